The van der Waals surface area contributed by atoms with Gasteiger partial charge in [0, 0.05) is 280 Å². The first-order valence-electron chi connectivity index (χ1n) is 43.1. The summed E-state index contributed by atoms with van der Waals surface area (Å²) in [6.45, 7) is -14.7. The van der Waals surface area contributed by atoms with Gasteiger partial charge in [0.2, 0.25) is 47.3 Å². The summed E-state index contributed by atoms with van der Waals surface area (Å²) >= 11 is 0. The van der Waals surface area contributed by atoms with E-state index < -0.39 is 281 Å². The van der Waals surface area contributed by atoms with E-state index in [9.17, 15) is 157 Å². The molecule has 4 aliphatic rings. The Morgan fingerprint density at radius 1 is 0.168 bits per heavy atom. The van der Waals surface area contributed by atoms with E-state index >= 15 is 0 Å². The average Bonchev–Trinajstić information content (AvgIpc) is 0.846. The molecule has 772 valence electrons. The van der Waals surface area contributed by atoms with Crippen molar-refractivity contribution in [2.24, 2.45) is 5.41 Å². The molecule has 0 aromatic carbocycles. The minimum absolute atomic E-state index is 0. The molecule has 4 aliphatic heterocycles. The monoisotopic (exact) mass is 2530 g/mol. The molecule has 4 fully saturated rings. The maximum absolute atomic E-state index is 14.2. The van der Waals surface area contributed by atoms with Crippen LogP contribution < -0.4 is 73.2 Å². The van der Waals surface area contributed by atoms with Crippen LogP contribution in [0.1, 0.15) is 0 Å². The molecule has 4 radical (unpaired) electrons. The van der Waals surface area contributed by atoms with Gasteiger partial charge in [-0.25, -0.2) is 0 Å². The number of rotatable bonds is 48. The Kier molecular flexibility index (Phi) is 70.0. The van der Waals surface area contributed by atoms with Crippen molar-refractivity contribution in [3.05, 3.63) is 0 Å². The van der Waals surface area contributed by atoms with Crippen LogP contribution in [-0.2, 0) is 95.9 Å². The number of nitrogens with zero attached hydrogens (tertiary/aromatic N) is 16. The van der Waals surface area contributed by atoms with Crippen LogP contribution in [0.3, 0.4) is 0 Å². The molecular formula is C77H126Gd4N24O32+6. The summed E-state index contributed by atoms with van der Waals surface area (Å²) in [5.41, 5.74) is -1.88. The predicted molar refractivity (Wildman–Crippen MR) is 445 cm³/mol. The zero-order valence-electron chi connectivity index (χ0n) is 76.0. The van der Waals surface area contributed by atoms with Gasteiger partial charge in [-0.05, 0) is 0 Å². The zero-order chi connectivity index (χ0) is 98.5. The number of hydrogen-bond donors (Lipinski definition) is 14. The molecule has 0 atom stereocenters. The first-order valence-corrected chi connectivity index (χ1v) is 43.1. The summed E-state index contributed by atoms with van der Waals surface area (Å²) in [6, 6.07) is 0. The first-order chi connectivity index (χ1) is 62.9. The second-order valence-corrected chi connectivity index (χ2v) is 32.7. The van der Waals surface area contributed by atoms with Crippen LogP contribution in [0.15, 0.2) is 0 Å². The third-order valence-corrected chi connectivity index (χ3v) is 21.9. The molecule has 0 bridgehead atoms. The minimum atomic E-state index is -1.88. The Balaban J connectivity index is 0.0000462. The molecule has 4 rings (SSSR count). The Morgan fingerprint density at radius 3 is 0.372 bits per heavy atom. The van der Waals surface area contributed by atoms with E-state index in [1.807, 2.05) is 0 Å². The van der Waals surface area contributed by atoms with Crippen LogP contribution in [0.2, 0.25) is 0 Å². The molecule has 0 unspecified atom stereocenters. The summed E-state index contributed by atoms with van der Waals surface area (Å²) in [6.07, 6.45) is 0. The Labute approximate surface area is 919 Å². The molecule has 0 aliphatic carbocycles. The number of nitrogens with one attached hydrogen (secondary N) is 8. The summed E-state index contributed by atoms with van der Waals surface area (Å²) in [5.74, 6) is -23.2. The van der Waals surface area contributed by atoms with Crippen molar-refractivity contribution < 1.29 is 317 Å². The molecule has 0 aromatic rings. The van der Waals surface area contributed by atoms with E-state index in [2.05, 4.69) is 42.5 Å². The van der Waals surface area contributed by atoms with Crippen molar-refractivity contribution in [1.29, 1.82) is 0 Å². The van der Waals surface area contributed by atoms with Crippen molar-refractivity contribution in [2.45, 2.75) is 0 Å². The van der Waals surface area contributed by atoms with Gasteiger partial charge in [0.25, 0.3) is 0 Å². The zero-order valence-corrected chi connectivity index (χ0v) is 85.0. The van der Waals surface area contributed by atoms with Crippen molar-refractivity contribution in [1.82, 2.24) is 121 Å². The van der Waals surface area contributed by atoms with Gasteiger partial charge in [-0.2, -0.15) is 0 Å². The molecule has 56 nitrogen and oxygen atoms in total. The quantitative estimate of drug-likeness (QED) is 0.0269. The van der Waals surface area contributed by atoms with Crippen molar-refractivity contribution >= 4 is 119 Å². The second-order valence-electron chi connectivity index (χ2n) is 32.7. The minimum Gasteiger partial charge on any atom is -0.549 e. The van der Waals surface area contributed by atoms with Crippen LogP contribution in [0.25, 0.3) is 0 Å². The fraction of sp³-hybridized carbons (Fsp3) is 0.740. The van der Waals surface area contributed by atoms with Crippen LogP contribution in [0, 0.1) is 165 Å². The molecule has 14 N–H and O–H groups in total. The number of carboxylic acids is 12. The molecule has 8 amide bonds. The largest absolute Gasteiger partial charge is 3.00 e. The Morgan fingerprint density at radius 2 is 0.270 bits per heavy atom. The normalized spacial score (nSPS) is 17.9. The summed E-state index contributed by atoms with van der Waals surface area (Å²) in [4.78, 5) is 279. The maximum Gasteiger partial charge on any atom is 3.00 e. The number of hydrogen-bond acceptors (Lipinski definition) is 42. The number of aliphatic carboxylic acids is 12. The molecule has 0 spiro atoms. The third-order valence-electron chi connectivity index (χ3n) is 21.9. The van der Waals surface area contributed by atoms with Gasteiger partial charge in [0.15, 0.2) is 0 Å². The van der Waals surface area contributed by atoms with Gasteiger partial charge in [-0.15, -0.1) is 0 Å². The van der Waals surface area contributed by atoms with Crippen LogP contribution >= 0.6 is 0 Å². The van der Waals surface area contributed by atoms with E-state index in [-0.39, 0.29) is 369 Å². The van der Waals surface area contributed by atoms with Gasteiger partial charge in [0.1, 0.15) is 0 Å². The summed E-state index contributed by atoms with van der Waals surface area (Å²) in [5, 5.41) is 150. The average molecular weight is 2530 g/mol. The summed E-state index contributed by atoms with van der Waals surface area (Å²) in [7, 11) is 0. The number of carboxylic acid groups (broad SMARTS) is 12. The maximum atomic E-state index is 14.2. The number of carbonyl (C=O) groups is 20. The molecular weight excluding hydrogens is 2400 g/mol. The van der Waals surface area contributed by atoms with Gasteiger partial charge < -0.3 is 133 Å². The van der Waals surface area contributed by atoms with Gasteiger partial charge >= 0.3 is 196 Å². The van der Waals surface area contributed by atoms with Crippen LogP contribution in [-0.4, -0.2) is 594 Å². The third kappa shape index (κ3) is 64.3. The smallest absolute Gasteiger partial charge is 0.549 e. The summed E-state index contributed by atoms with van der Waals surface area (Å²) < 4.78 is 0. The number of carbonyl (C=O) groups excluding carboxylic acids is 14. The van der Waals surface area contributed by atoms with E-state index in [4.69, 9.17) is 0 Å². The second kappa shape index (κ2) is 73.2. The molecule has 137 heavy (non-hydrogen) atoms. The van der Waals surface area contributed by atoms with Crippen molar-refractivity contribution in [2.75, 3.05) is 367 Å². The fourth-order valence-corrected chi connectivity index (χ4v) is 14.6. The standard InChI is InChI=1S/C77H132N24O32.4Gd/c102-57(33-78-61(106)37-86-1-9-90(41-65(110)111)17-25-98(49-73(126)127)26-18-91(10-2-86)42-66(112)113)82-53-77(54-83-58(103)34-79-62(107)38-87-3-11-92(43-67(114)115)19-27-99(50-74(128)129)28-20-93(12-4-87)44-68(116)117,55-84-59(104)35-80-63(108)39-88-5-13-94(45-69(118)119)21-29-100(51-75(130)131)30-22-95(14-6-88)46-70(120)121)56-85-60(105)36-81-64(109)40-89-7-15-96(47-71(122)123)23-31-101(52-76(132)133)32-24-97(16-8-89)48-72(124)125;;;;/h1-56H2,(H,78,106)(H,79,107)(H,80,108)(H,81,109)(H,82,102)(H,83,103)(H,84,104)(H,85,105)(H,110,111)(H,112,113)(H,114,115)(H,116,117)(H,118,119)(H,120,121)(H,122,123)(H,124,125)(H,126,127)(H,128,129)(H,130,131)(H,132,133);;;;/q;4*+3/p-6. The van der Waals surface area contributed by atoms with E-state index in [0.29, 0.717) is 0 Å². The first kappa shape index (κ1) is 131. The molecule has 60 heteroatoms. The molecule has 4 heterocycles. The fourth-order valence-electron chi connectivity index (χ4n) is 14.6. The van der Waals surface area contributed by atoms with Crippen molar-refractivity contribution in [3.8, 4) is 0 Å². The molecule has 0 aromatic heterocycles. The number of amides is 8. The van der Waals surface area contributed by atoms with Crippen LogP contribution in [0.5, 0.6) is 0 Å². The Bertz CT molecular complexity index is 3280. The SMILES string of the molecule is O=C([O-])CN1CCN(CC(=O)[O-])CCN(CC(=O)NCC(=O)NCC(CNC(=O)CNC(=O)CN2CCN(CC(=O)[O-])CCN(CC(=O)[O-])CCN(CC(=O)O)CC2)(CNC(=O)CNC(=O)CN2CCN(CC(=O)[O-])CCN(CC(=O)O)CCN(CC(=O)O)CC2)CNC(=O)CNC(=O)CN2CCN(CC(=O)[O-])CCN(CC(=O)O)CCN(CC(=O)O)CC2)CCN(CC(=O)O)CC1.[Gd+3].[Gd+3].[Gd+3].[Gd+3]. The topological polar surface area (TPSA) is 749 Å². The molecule has 4 saturated heterocycles. The Hall–Kier alpha value is -5.94. The molecule has 0 saturated carbocycles. The predicted octanol–water partition coefficient (Wildman–Crippen LogP) is -23.2. The van der Waals surface area contributed by atoms with Crippen LogP contribution in [0.4, 0.5) is 0 Å². The van der Waals surface area contributed by atoms with E-state index in [0.717, 1.165) is 0 Å². The van der Waals surface area contributed by atoms with Gasteiger partial charge in [-0.1, -0.05) is 0 Å². The van der Waals surface area contributed by atoms with E-state index in [1.165, 1.54) is 68.6 Å². The van der Waals surface area contributed by atoms with Gasteiger partial charge in [-0.3, -0.25) is 146 Å². The van der Waals surface area contributed by atoms with E-state index in [1.54, 1.807) is 9.80 Å². The van der Waals surface area contributed by atoms with Crippen molar-refractivity contribution in [3.63, 3.8) is 0 Å². The van der Waals surface area contributed by atoms with Gasteiger partial charge in [0.05, 0.1) is 127 Å².